The summed E-state index contributed by atoms with van der Waals surface area (Å²) in [5.41, 5.74) is 0.289. The summed E-state index contributed by atoms with van der Waals surface area (Å²) in [7, 11) is 1.51. The molecule has 2 N–H and O–H groups in total. The Morgan fingerprint density at radius 3 is 2.41 bits per heavy atom. The van der Waals surface area contributed by atoms with E-state index in [1.165, 1.54) is 24.1 Å². The number of alkyl halides is 2. The minimum absolute atomic E-state index is 0.00224. The summed E-state index contributed by atoms with van der Waals surface area (Å²) in [4.78, 5) is 25.0. The Balaban J connectivity index is 1.89. The molecule has 0 radical (unpaired) electrons. The minimum Gasteiger partial charge on any atom is -0.383 e. The van der Waals surface area contributed by atoms with Gasteiger partial charge in [-0.3, -0.25) is 14.9 Å². The summed E-state index contributed by atoms with van der Waals surface area (Å²) in [5, 5.41) is 17.0. The number of halogens is 2. The van der Waals surface area contributed by atoms with Crippen LogP contribution < -0.4 is 15.5 Å². The lowest BCUT2D eigenvalue weighted by Crippen LogP contribution is -2.57. The molecule has 1 aromatic rings. The number of carbonyl (C=O) groups is 1. The number of amides is 1. The molecule has 0 spiro atoms. The van der Waals surface area contributed by atoms with E-state index in [1.54, 1.807) is 0 Å². The molecule has 1 saturated carbocycles. The SMILES string of the molecule is CNc1cc(N2CC(F)(F)C2)c(C(=O)NC2CCC(C)CC2)cc1[N+](=O)[O-]. The van der Waals surface area contributed by atoms with Gasteiger partial charge in [-0.1, -0.05) is 6.92 Å². The van der Waals surface area contributed by atoms with E-state index in [0.29, 0.717) is 5.92 Å². The molecule has 3 rings (SSSR count). The highest BCUT2D eigenvalue weighted by Crippen LogP contribution is 2.39. The fraction of sp³-hybridized carbons (Fsp3) is 0.611. The van der Waals surface area contributed by atoms with Crippen LogP contribution in [0.15, 0.2) is 12.1 Å². The van der Waals surface area contributed by atoms with Gasteiger partial charge in [-0.25, -0.2) is 8.78 Å². The van der Waals surface area contributed by atoms with Gasteiger partial charge < -0.3 is 15.5 Å². The largest absolute Gasteiger partial charge is 0.383 e. The first-order chi connectivity index (χ1) is 12.7. The van der Waals surface area contributed by atoms with Gasteiger partial charge in [-0.2, -0.15) is 0 Å². The van der Waals surface area contributed by atoms with Gasteiger partial charge in [0.05, 0.1) is 29.3 Å². The van der Waals surface area contributed by atoms with Crippen LogP contribution >= 0.6 is 0 Å². The zero-order valence-corrected chi connectivity index (χ0v) is 15.4. The second-order valence-corrected chi connectivity index (χ2v) is 7.54. The Bertz CT molecular complexity index is 740. The van der Waals surface area contributed by atoms with E-state index in [9.17, 15) is 23.7 Å². The average Bonchev–Trinajstić information content (AvgIpc) is 2.60. The van der Waals surface area contributed by atoms with E-state index < -0.39 is 29.8 Å². The van der Waals surface area contributed by atoms with Crippen LogP contribution in [-0.4, -0.2) is 42.9 Å². The van der Waals surface area contributed by atoms with Crippen LogP contribution in [0, 0.1) is 16.0 Å². The van der Waals surface area contributed by atoms with Crippen molar-refractivity contribution < 1.29 is 18.5 Å². The second-order valence-electron chi connectivity index (χ2n) is 7.54. The van der Waals surface area contributed by atoms with E-state index in [4.69, 9.17) is 0 Å². The summed E-state index contributed by atoms with van der Waals surface area (Å²) in [6.45, 7) is 1.16. The van der Waals surface area contributed by atoms with E-state index >= 15 is 0 Å². The lowest BCUT2D eigenvalue weighted by Gasteiger charge is -2.41. The van der Waals surface area contributed by atoms with Gasteiger partial charge in [-0.15, -0.1) is 0 Å². The lowest BCUT2D eigenvalue weighted by atomic mass is 9.87. The predicted octanol–water partition coefficient (Wildman–Crippen LogP) is 3.40. The molecule has 1 heterocycles. The summed E-state index contributed by atoms with van der Waals surface area (Å²) in [6.07, 6.45) is 3.71. The highest BCUT2D eigenvalue weighted by atomic mass is 19.3. The van der Waals surface area contributed by atoms with Crippen LogP contribution in [0.5, 0.6) is 0 Å². The van der Waals surface area contributed by atoms with Crippen LogP contribution in [0.25, 0.3) is 0 Å². The molecule has 0 bridgehead atoms. The monoisotopic (exact) mass is 382 g/mol. The Labute approximate surface area is 156 Å². The van der Waals surface area contributed by atoms with E-state index in [2.05, 4.69) is 17.6 Å². The maximum Gasteiger partial charge on any atom is 0.293 e. The molecular formula is C18H24F2N4O3. The molecule has 148 valence electrons. The number of rotatable bonds is 5. The Hall–Kier alpha value is -2.45. The van der Waals surface area contributed by atoms with Crippen molar-refractivity contribution in [3.05, 3.63) is 27.8 Å². The molecule has 2 aliphatic rings. The quantitative estimate of drug-likeness (QED) is 0.602. The van der Waals surface area contributed by atoms with Gasteiger partial charge >= 0.3 is 0 Å². The number of hydrogen-bond acceptors (Lipinski definition) is 5. The maximum absolute atomic E-state index is 13.3. The number of benzene rings is 1. The van der Waals surface area contributed by atoms with Crippen molar-refractivity contribution >= 4 is 23.0 Å². The number of anilines is 2. The van der Waals surface area contributed by atoms with Gasteiger partial charge in [-0.05, 0) is 37.7 Å². The van der Waals surface area contributed by atoms with Crippen molar-refractivity contribution in [2.24, 2.45) is 5.92 Å². The van der Waals surface area contributed by atoms with Crippen molar-refractivity contribution in [2.75, 3.05) is 30.4 Å². The number of nitro groups is 1. The summed E-state index contributed by atoms with van der Waals surface area (Å²) >= 11 is 0. The van der Waals surface area contributed by atoms with Crippen LogP contribution in [0.3, 0.4) is 0 Å². The van der Waals surface area contributed by atoms with E-state index in [-0.39, 0.29) is 28.7 Å². The fourth-order valence-electron chi connectivity index (χ4n) is 3.72. The highest BCUT2D eigenvalue weighted by molar-refractivity contribution is 6.02. The number of nitrogens with zero attached hydrogens (tertiary/aromatic N) is 2. The first-order valence-electron chi connectivity index (χ1n) is 9.14. The number of nitrogens with one attached hydrogen (secondary N) is 2. The van der Waals surface area contributed by atoms with Crippen molar-refractivity contribution in [1.82, 2.24) is 5.32 Å². The van der Waals surface area contributed by atoms with E-state index in [1.807, 2.05) is 0 Å². The van der Waals surface area contributed by atoms with Crippen molar-refractivity contribution in [2.45, 2.75) is 44.6 Å². The molecular weight excluding hydrogens is 358 g/mol. The zero-order chi connectivity index (χ0) is 19.8. The highest BCUT2D eigenvalue weighted by Gasteiger charge is 2.45. The molecule has 1 aliphatic heterocycles. The van der Waals surface area contributed by atoms with Gasteiger partial charge in [0.2, 0.25) is 0 Å². The summed E-state index contributed by atoms with van der Waals surface area (Å²) in [5.74, 6) is -2.65. The number of hydrogen-bond donors (Lipinski definition) is 2. The van der Waals surface area contributed by atoms with Gasteiger partial charge in [0.1, 0.15) is 5.69 Å². The summed E-state index contributed by atoms with van der Waals surface area (Å²) < 4.78 is 26.7. The van der Waals surface area contributed by atoms with Crippen molar-refractivity contribution in [1.29, 1.82) is 0 Å². The van der Waals surface area contributed by atoms with Crippen molar-refractivity contribution in [3.8, 4) is 0 Å². The first-order valence-corrected chi connectivity index (χ1v) is 9.14. The van der Waals surface area contributed by atoms with Crippen LogP contribution in [0.4, 0.5) is 25.8 Å². The molecule has 1 aromatic carbocycles. The molecule has 0 aromatic heterocycles. The van der Waals surface area contributed by atoms with Crippen LogP contribution in [0.2, 0.25) is 0 Å². The van der Waals surface area contributed by atoms with Crippen LogP contribution in [-0.2, 0) is 0 Å². The standard InChI is InChI=1S/C18H24F2N4O3/c1-11-3-5-12(6-4-11)22-17(25)13-7-16(24(26)27)14(21-2)8-15(13)23-9-18(19,20)10-23/h7-8,11-12,21H,3-6,9-10H2,1-2H3,(H,22,25). The second kappa shape index (κ2) is 7.28. The third kappa shape index (κ3) is 4.12. The molecule has 1 aliphatic carbocycles. The molecule has 0 unspecified atom stereocenters. The fourth-order valence-corrected chi connectivity index (χ4v) is 3.72. The summed E-state index contributed by atoms with van der Waals surface area (Å²) in [6, 6.07) is 2.59. The van der Waals surface area contributed by atoms with Gasteiger partial charge in [0.15, 0.2) is 0 Å². The number of carbonyl (C=O) groups excluding carboxylic acids is 1. The molecule has 27 heavy (non-hydrogen) atoms. The molecule has 1 amide bonds. The zero-order valence-electron chi connectivity index (χ0n) is 15.4. The Morgan fingerprint density at radius 2 is 1.89 bits per heavy atom. The lowest BCUT2D eigenvalue weighted by molar-refractivity contribution is -0.383. The molecule has 7 nitrogen and oxygen atoms in total. The molecule has 1 saturated heterocycles. The third-order valence-corrected chi connectivity index (χ3v) is 5.36. The van der Waals surface area contributed by atoms with Crippen LogP contribution in [0.1, 0.15) is 43.0 Å². The van der Waals surface area contributed by atoms with Crippen molar-refractivity contribution in [3.63, 3.8) is 0 Å². The topological polar surface area (TPSA) is 87.5 Å². The smallest absolute Gasteiger partial charge is 0.293 e. The van der Waals surface area contributed by atoms with E-state index in [0.717, 1.165) is 25.7 Å². The molecule has 2 fully saturated rings. The predicted molar refractivity (Wildman–Crippen MR) is 98.7 cm³/mol. The Kier molecular flexibility index (Phi) is 5.21. The molecule has 9 heteroatoms. The third-order valence-electron chi connectivity index (χ3n) is 5.36. The molecule has 0 atom stereocenters. The normalized spacial score (nSPS) is 24.1. The number of nitro benzene ring substituents is 1. The van der Waals surface area contributed by atoms with Gasteiger partial charge in [0.25, 0.3) is 17.5 Å². The average molecular weight is 382 g/mol. The van der Waals surface area contributed by atoms with Gasteiger partial charge in [0, 0.05) is 19.2 Å². The first kappa shape index (κ1) is 19.3. The minimum atomic E-state index is -2.81. The Morgan fingerprint density at radius 1 is 1.26 bits per heavy atom. The maximum atomic E-state index is 13.3.